The molecule has 304 valence electrons. The zero-order valence-corrected chi connectivity index (χ0v) is 31.5. The Morgan fingerprint density at radius 2 is 1.75 bits per heavy atom. The maximum absolute atomic E-state index is 15.0. The van der Waals surface area contributed by atoms with Crippen LogP contribution in [-0.2, 0) is 27.5 Å². The molecule has 17 heteroatoms. The first-order valence-electron chi connectivity index (χ1n) is 18.7. The van der Waals surface area contributed by atoms with Gasteiger partial charge in [0.1, 0.15) is 16.4 Å². The number of piperidine rings is 2. The number of benzene rings is 1. The number of rotatable bonds is 11. The molecule has 3 aromatic rings. The van der Waals surface area contributed by atoms with Gasteiger partial charge in [-0.1, -0.05) is 31.5 Å². The summed E-state index contributed by atoms with van der Waals surface area (Å²) < 4.78 is 96.0. The third-order valence-electron chi connectivity index (χ3n) is 11.3. The van der Waals surface area contributed by atoms with E-state index in [9.17, 15) is 45.8 Å². The first-order chi connectivity index (χ1) is 26.5. The number of aliphatic carboxylic acids is 1. The Balaban J connectivity index is 1.29. The van der Waals surface area contributed by atoms with Crippen LogP contribution in [0.5, 0.6) is 11.5 Å². The van der Waals surface area contributed by atoms with Crippen molar-refractivity contribution in [3.8, 4) is 11.5 Å². The van der Waals surface area contributed by atoms with Crippen LogP contribution >= 0.6 is 11.3 Å². The van der Waals surface area contributed by atoms with E-state index in [0.717, 1.165) is 30.3 Å². The molecule has 2 aromatic heterocycles. The Hall–Kier alpha value is -4.38. The van der Waals surface area contributed by atoms with Gasteiger partial charge in [-0.15, -0.1) is 11.3 Å². The number of amides is 2. The summed E-state index contributed by atoms with van der Waals surface area (Å²) in [5, 5.41) is 10.5. The lowest BCUT2D eigenvalue weighted by Gasteiger charge is -2.51. The van der Waals surface area contributed by atoms with E-state index in [2.05, 4.69) is 4.98 Å². The third-order valence-corrected chi connectivity index (χ3v) is 12.2. The normalized spacial score (nSPS) is 24.2. The van der Waals surface area contributed by atoms with Crippen LogP contribution in [0, 0.1) is 11.8 Å². The smallest absolute Gasteiger partial charge is 0.425 e. The number of carboxylic acid groups (broad SMARTS) is 1. The Morgan fingerprint density at radius 3 is 2.39 bits per heavy atom. The summed E-state index contributed by atoms with van der Waals surface area (Å²) >= 11 is 0.383. The summed E-state index contributed by atoms with van der Waals surface area (Å²) in [5.74, 6) is -2.46. The topological polar surface area (TPSA) is 135 Å². The second kappa shape index (κ2) is 16.2. The molecule has 10 nitrogen and oxygen atoms in total. The molecule has 0 unspecified atom stereocenters. The monoisotopic (exact) mass is 810 g/mol. The number of likely N-dealkylation sites (tertiary alicyclic amines) is 2. The van der Waals surface area contributed by atoms with Crippen molar-refractivity contribution in [3.05, 3.63) is 75.7 Å². The number of alkyl halides is 6. The van der Waals surface area contributed by atoms with Crippen molar-refractivity contribution in [1.29, 1.82) is 0 Å². The highest BCUT2D eigenvalue weighted by Gasteiger charge is 2.56. The molecule has 2 amide bonds. The highest BCUT2D eigenvalue weighted by molar-refractivity contribution is 7.10. The van der Waals surface area contributed by atoms with Crippen LogP contribution in [0.15, 0.2) is 54.2 Å². The molecule has 2 aliphatic heterocycles. The molecule has 3 aliphatic rings. The number of hydrogen-bond donors (Lipinski definition) is 2. The van der Waals surface area contributed by atoms with Crippen molar-refractivity contribution < 1.29 is 55.3 Å². The fourth-order valence-corrected chi connectivity index (χ4v) is 9.09. The number of nitrogens with two attached hydrogens (primary N) is 1. The lowest BCUT2D eigenvalue weighted by molar-refractivity contribution is -0.161. The van der Waals surface area contributed by atoms with Crippen LogP contribution in [-0.4, -0.2) is 75.6 Å². The van der Waals surface area contributed by atoms with Crippen molar-refractivity contribution in [2.45, 2.75) is 94.2 Å². The lowest BCUT2D eigenvalue weighted by Crippen LogP contribution is -2.69. The van der Waals surface area contributed by atoms with Gasteiger partial charge in [-0.3, -0.25) is 19.4 Å². The predicted octanol–water partition coefficient (Wildman–Crippen LogP) is 7.76. The third kappa shape index (κ3) is 8.48. The van der Waals surface area contributed by atoms with Gasteiger partial charge < -0.3 is 30.1 Å². The van der Waals surface area contributed by atoms with E-state index >= 15 is 0 Å². The molecule has 3 fully saturated rings. The number of thiophene rings is 1. The molecule has 3 N–H and O–H groups in total. The van der Waals surface area contributed by atoms with E-state index in [0.29, 0.717) is 54.6 Å². The molecule has 56 heavy (non-hydrogen) atoms. The summed E-state index contributed by atoms with van der Waals surface area (Å²) in [5.41, 5.74) is 2.93. The maximum atomic E-state index is 15.0. The van der Waals surface area contributed by atoms with Crippen molar-refractivity contribution >= 4 is 29.1 Å². The van der Waals surface area contributed by atoms with E-state index in [4.69, 9.17) is 15.2 Å². The van der Waals surface area contributed by atoms with E-state index in [1.54, 1.807) is 19.1 Å². The molecule has 4 atom stereocenters. The second-order valence-corrected chi connectivity index (χ2v) is 15.8. The molecule has 0 radical (unpaired) electrons. The lowest BCUT2D eigenvalue weighted by atomic mass is 9.77. The molecule has 0 spiro atoms. The average Bonchev–Trinajstić information content (AvgIpc) is 3.85. The van der Waals surface area contributed by atoms with Crippen LogP contribution in [0.25, 0.3) is 0 Å². The van der Waals surface area contributed by atoms with Gasteiger partial charge in [0, 0.05) is 61.0 Å². The standard InChI is InChI=1S/C39H44F6N4O6S/c1-2-6-31-37(55-26-20-32(56-23-26)39(43,44)45,12-5-16-49(31)33(50)27-21-47-15-11-28(27)38(40,41)42)35(53)48-17-13-36(46,14-18-48)29-7-3-4-8-30(29)54-22-24-9-10-25(19-24)34(51)52/h3-4,7-8,11,15,20-21,23-25,31H,2,5-6,9-10,12-14,16-19,22,46H2,1H3,(H,51,52)/t24-,25+,31+,37-/m0/s1. The highest BCUT2D eigenvalue weighted by Crippen LogP contribution is 2.44. The quantitative estimate of drug-likeness (QED) is 0.188. The van der Waals surface area contributed by atoms with Crippen LogP contribution in [0.2, 0.25) is 0 Å². The predicted molar refractivity (Wildman–Crippen MR) is 193 cm³/mol. The molecular weight excluding hydrogens is 767 g/mol. The van der Waals surface area contributed by atoms with E-state index in [1.165, 1.54) is 9.80 Å². The zero-order chi connectivity index (χ0) is 40.5. The molecule has 1 aromatic carbocycles. The van der Waals surface area contributed by atoms with Crippen molar-refractivity contribution in [3.63, 3.8) is 0 Å². The van der Waals surface area contributed by atoms with Gasteiger partial charge in [0.05, 0.1) is 29.7 Å². The van der Waals surface area contributed by atoms with Crippen molar-refractivity contribution in [1.82, 2.24) is 14.8 Å². The van der Waals surface area contributed by atoms with Gasteiger partial charge in [-0.25, -0.2) is 0 Å². The van der Waals surface area contributed by atoms with E-state index < -0.39 is 69.2 Å². The first-order valence-corrected chi connectivity index (χ1v) is 19.5. The second-order valence-electron chi connectivity index (χ2n) is 14.9. The molecule has 1 saturated carbocycles. The molecular formula is C39H44F6N4O6S. The number of hydrogen-bond acceptors (Lipinski definition) is 8. The minimum Gasteiger partial charge on any atom is -0.493 e. The van der Waals surface area contributed by atoms with Gasteiger partial charge in [0.15, 0.2) is 0 Å². The van der Waals surface area contributed by atoms with Crippen LogP contribution in [0.4, 0.5) is 26.3 Å². The van der Waals surface area contributed by atoms with Gasteiger partial charge in [-0.05, 0) is 63.0 Å². The van der Waals surface area contributed by atoms with Crippen LogP contribution in [0.1, 0.15) is 91.1 Å². The summed E-state index contributed by atoms with van der Waals surface area (Å²) in [6.45, 7) is 2.26. The Morgan fingerprint density at radius 1 is 1.02 bits per heavy atom. The number of carbonyl (C=O) groups excluding carboxylic acids is 2. The van der Waals surface area contributed by atoms with E-state index in [-0.39, 0.29) is 63.4 Å². The summed E-state index contributed by atoms with van der Waals surface area (Å²) in [6, 6.07) is 7.60. The SMILES string of the molecule is CCC[C@H]1N(C(=O)c2cnccc2C(F)(F)F)CCC[C@@]1(Oc1csc(C(F)(F)F)c1)C(=O)N1CCC(N)(c2ccccc2OC[C@H]2CC[C@@H](C(=O)O)C2)CC1. The molecule has 4 heterocycles. The van der Waals surface area contributed by atoms with Gasteiger partial charge in [0.25, 0.3) is 11.8 Å². The number of carboxylic acids is 1. The highest BCUT2D eigenvalue weighted by atomic mass is 32.1. The summed E-state index contributed by atoms with van der Waals surface area (Å²) in [4.78, 5) is 46.0. The minimum absolute atomic E-state index is 0.0124. The zero-order valence-electron chi connectivity index (χ0n) is 30.7. The number of pyridine rings is 1. The van der Waals surface area contributed by atoms with Gasteiger partial charge in [0.2, 0.25) is 5.60 Å². The van der Waals surface area contributed by atoms with Crippen molar-refractivity contribution in [2.24, 2.45) is 17.6 Å². The number of halogens is 6. The number of carbonyl (C=O) groups is 3. The van der Waals surface area contributed by atoms with Gasteiger partial charge in [-0.2, -0.15) is 26.3 Å². The Kier molecular flexibility index (Phi) is 12.0. The molecule has 6 rings (SSSR count). The minimum atomic E-state index is -4.88. The van der Waals surface area contributed by atoms with E-state index in [1.807, 2.05) is 12.1 Å². The first kappa shape index (κ1) is 41.3. The summed E-state index contributed by atoms with van der Waals surface area (Å²) in [7, 11) is 0. The average molecular weight is 811 g/mol. The van der Waals surface area contributed by atoms with Crippen molar-refractivity contribution in [2.75, 3.05) is 26.2 Å². The van der Waals surface area contributed by atoms with Gasteiger partial charge >= 0.3 is 18.3 Å². The summed E-state index contributed by atoms with van der Waals surface area (Å²) in [6.07, 6.45) is -4.92. The maximum Gasteiger partial charge on any atom is 0.425 e. The number of aromatic nitrogens is 1. The largest absolute Gasteiger partial charge is 0.493 e. The number of para-hydroxylation sites is 1. The fourth-order valence-electron chi connectivity index (χ4n) is 8.41. The Labute approximate surface area is 324 Å². The fraction of sp³-hybridized carbons (Fsp3) is 0.538. The van der Waals surface area contributed by atoms with Crippen LogP contribution < -0.4 is 15.2 Å². The molecule has 2 saturated heterocycles. The Bertz CT molecular complexity index is 1900. The molecule has 1 aliphatic carbocycles. The number of ether oxygens (including phenoxy) is 2. The molecule has 0 bridgehead atoms. The van der Waals surface area contributed by atoms with Crippen LogP contribution in [0.3, 0.4) is 0 Å². The number of nitrogens with zero attached hydrogens (tertiary/aromatic N) is 3.